The average molecular weight is 258 g/mol. The molecule has 0 aliphatic rings. The van der Waals surface area contributed by atoms with Crippen LogP contribution in [-0.2, 0) is 12.8 Å². The van der Waals surface area contributed by atoms with Gasteiger partial charge < -0.3 is 10.5 Å². The Balaban J connectivity index is 0.00000256. The summed E-state index contributed by atoms with van der Waals surface area (Å²) in [5.41, 5.74) is 9.65. The number of aryl methyl sites for hydroxylation is 2. The second-order valence-electron chi connectivity index (χ2n) is 4.37. The van der Waals surface area contributed by atoms with Gasteiger partial charge in [0, 0.05) is 6.04 Å². The molecule has 0 amide bonds. The van der Waals surface area contributed by atoms with Crippen molar-refractivity contribution < 1.29 is 4.74 Å². The number of hydrogen-bond acceptors (Lipinski definition) is 2. The minimum Gasteiger partial charge on any atom is -0.493 e. The third-order valence-electron chi connectivity index (χ3n) is 2.64. The lowest BCUT2D eigenvalue weighted by Gasteiger charge is -2.15. The highest BCUT2D eigenvalue weighted by molar-refractivity contribution is 5.85. The SMILES string of the molecule is CCOc1c(C)cc(CC(C)N)cc1CC.Cl. The van der Waals surface area contributed by atoms with Crippen LogP contribution in [-0.4, -0.2) is 12.6 Å². The lowest BCUT2D eigenvalue weighted by molar-refractivity contribution is 0.334. The smallest absolute Gasteiger partial charge is 0.125 e. The Kier molecular flexibility index (Phi) is 7.24. The van der Waals surface area contributed by atoms with Crippen LogP contribution < -0.4 is 10.5 Å². The van der Waals surface area contributed by atoms with Crippen LogP contribution in [0.15, 0.2) is 12.1 Å². The normalized spacial score (nSPS) is 11.8. The monoisotopic (exact) mass is 257 g/mol. The number of hydrogen-bond donors (Lipinski definition) is 1. The zero-order valence-electron chi connectivity index (χ0n) is 11.2. The van der Waals surface area contributed by atoms with Crippen molar-refractivity contribution in [1.82, 2.24) is 0 Å². The van der Waals surface area contributed by atoms with Gasteiger partial charge in [0.05, 0.1) is 6.61 Å². The van der Waals surface area contributed by atoms with Crippen molar-refractivity contribution in [3.63, 3.8) is 0 Å². The van der Waals surface area contributed by atoms with Crippen LogP contribution in [0.3, 0.4) is 0 Å². The van der Waals surface area contributed by atoms with Gasteiger partial charge in [0.2, 0.25) is 0 Å². The van der Waals surface area contributed by atoms with E-state index in [1.165, 1.54) is 16.7 Å². The highest BCUT2D eigenvalue weighted by Gasteiger charge is 2.08. The predicted molar refractivity (Wildman–Crippen MR) is 76.3 cm³/mol. The van der Waals surface area contributed by atoms with Gasteiger partial charge in [-0.1, -0.05) is 19.1 Å². The van der Waals surface area contributed by atoms with Crippen molar-refractivity contribution >= 4 is 12.4 Å². The highest BCUT2D eigenvalue weighted by atomic mass is 35.5. The first kappa shape index (κ1) is 16.3. The first-order valence-electron chi connectivity index (χ1n) is 6.09. The van der Waals surface area contributed by atoms with Gasteiger partial charge in [-0.3, -0.25) is 0 Å². The second kappa shape index (κ2) is 7.57. The van der Waals surface area contributed by atoms with E-state index in [0.717, 1.165) is 25.2 Å². The number of benzene rings is 1. The molecule has 0 fully saturated rings. The Morgan fingerprint density at radius 1 is 1.29 bits per heavy atom. The van der Waals surface area contributed by atoms with Gasteiger partial charge in [-0.25, -0.2) is 0 Å². The molecule has 0 aliphatic heterocycles. The molecule has 1 rings (SSSR count). The predicted octanol–water partition coefficient (Wildman–Crippen LogP) is 3.27. The number of halogens is 1. The average Bonchev–Trinajstić information content (AvgIpc) is 2.20. The molecule has 2 nitrogen and oxygen atoms in total. The number of nitrogens with two attached hydrogens (primary N) is 1. The Labute approximate surface area is 111 Å². The number of rotatable bonds is 5. The summed E-state index contributed by atoms with van der Waals surface area (Å²) in [7, 11) is 0. The van der Waals surface area contributed by atoms with E-state index in [2.05, 4.69) is 26.0 Å². The lowest BCUT2D eigenvalue weighted by atomic mass is 9.99. The zero-order valence-corrected chi connectivity index (χ0v) is 12.1. The van der Waals surface area contributed by atoms with Gasteiger partial charge in [0.15, 0.2) is 0 Å². The first-order chi connectivity index (χ1) is 7.58. The second-order valence-corrected chi connectivity index (χ2v) is 4.37. The third kappa shape index (κ3) is 4.57. The zero-order chi connectivity index (χ0) is 12.1. The van der Waals surface area contributed by atoms with E-state index in [-0.39, 0.29) is 18.4 Å². The highest BCUT2D eigenvalue weighted by Crippen LogP contribution is 2.26. The van der Waals surface area contributed by atoms with Gasteiger partial charge in [0.1, 0.15) is 5.75 Å². The lowest BCUT2D eigenvalue weighted by Crippen LogP contribution is -2.18. The minimum absolute atomic E-state index is 0. The summed E-state index contributed by atoms with van der Waals surface area (Å²) in [6, 6.07) is 4.62. The summed E-state index contributed by atoms with van der Waals surface area (Å²) < 4.78 is 5.69. The molecule has 0 spiro atoms. The standard InChI is InChI=1S/C14H23NO.ClH/c1-5-13-9-12(8-11(4)15)7-10(3)14(13)16-6-2;/h7,9,11H,5-6,8,15H2,1-4H3;1H. The quantitative estimate of drug-likeness (QED) is 0.879. The van der Waals surface area contributed by atoms with E-state index >= 15 is 0 Å². The molecule has 1 aromatic rings. The van der Waals surface area contributed by atoms with Gasteiger partial charge in [-0.05, 0) is 50.3 Å². The minimum atomic E-state index is 0. The van der Waals surface area contributed by atoms with Crippen molar-refractivity contribution in [2.45, 2.75) is 46.6 Å². The van der Waals surface area contributed by atoms with E-state index in [4.69, 9.17) is 10.5 Å². The maximum atomic E-state index is 5.83. The summed E-state index contributed by atoms with van der Waals surface area (Å²) in [5.74, 6) is 1.05. The van der Waals surface area contributed by atoms with E-state index in [9.17, 15) is 0 Å². The first-order valence-corrected chi connectivity index (χ1v) is 6.09. The van der Waals surface area contributed by atoms with E-state index in [1.54, 1.807) is 0 Å². The molecule has 0 bridgehead atoms. The van der Waals surface area contributed by atoms with Crippen LogP contribution in [0.2, 0.25) is 0 Å². The Morgan fingerprint density at radius 3 is 2.41 bits per heavy atom. The summed E-state index contributed by atoms with van der Waals surface area (Å²) in [6.07, 6.45) is 1.93. The fourth-order valence-electron chi connectivity index (χ4n) is 2.03. The summed E-state index contributed by atoms with van der Waals surface area (Å²) in [4.78, 5) is 0. The molecule has 98 valence electrons. The van der Waals surface area contributed by atoms with Crippen LogP contribution >= 0.6 is 12.4 Å². The van der Waals surface area contributed by atoms with E-state index < -0.39 is 0 Å². The van der Waals surface area contributed by atoms with Crippen LogP contribution in [0.4, 0.5) is 0 Å². The van der Waals surface area contributed by atoms with Gasteiger partial charge in [0.25, 0.3) is 0 Å². The fraction of sp³-hybridized carbons (Fsp3) is 0.571. The molecule has 1 atom stereocenters. The molecule has 0 heterocycles. The van der Waals surface area contributed by atoms with Crippen LogP contribution in [0.1, 0.15) is 37.5 Å². The molecular weight excluding hydrogens is 234 g/mol. The van der Waals surface area contributed by atoms with Gasteiger partial charge in [-0.15, -0.1) is 12.4 Å². The van der Waals surface area contributed by atoms with Crippen molar-refractivity contribution in [2.75, 3.05) is 6.61 Å². The van der Waals surface area contributed by atoms with Crippen LogP contribution in [0.5, 0.6) is 5.75 Å². The molecule has 0 saturated heterocycles. The van der Waals surface area contributed by atoms with E-state index in [0.29, 0.717) is 0 Å². The maximum Gasteiger partial charge on any atom is 0.125 e. The van der Waals surface area contributed by atoms with Crippen molar-refractivity contribution in [1.29, 1.82) is 0 Å². The summed E-state index contributed by atoms with van der Waals surface area (Å²) >= 11 is 0. The molecule has 2 N–H and O–H groups in total. The molecule has 0 radical (unpaired) electrons. The Bertz CT molecular complexity index is 350. The Morgan fingerprint density at radius 2 is 1.94 bits per heavy atom. The van der Waals surface area contributed by atoms with Crippen molar-refractivity contribution in [2.24, 2.45) is 5.73 Å². The topological polar surface area (TPSA) is 35.2 Å². The molecule has 0 saturated carbocycles. The largest absolute Gasteiger partial charge is 0.493 e. The Hall–Kier alpha value is -0.730. The molecule has 1 aromatic carbocycles. The molecule has 0 aliphatic carbocycles. The third-order valence-corrected chi connectivity index (χ3v) is 2.64. The van der Waals surface area contributed by atoms with Crippen molar-refractivity contribution in [3.8, 4) is 5.75 Å². The van der Waals surface area contributed by atoms with E-state index in [1.807, 2.05) is 13.8 Å². The molecule has 1 unspecified atom stereocenters. The summed E-state index contributed by atoms with van der Waals surface area (Å²) in [5, 5.41) is 0. The number of ether oxygens (including phenoxy) is 1. The molecule has 3 heteroatoms. The van der Waals surface area contributed by atoms with Gasteiger partial charge in [-0.2, -0.15) is 0 Å². The van der Waals surface area contributed by atoms with Crippen molar-refractivity contribution in [3.05, 3.63) is 28.8 Å². The van der Waals surface area contributed by atoms with Gasteiger partial charge >= 0.3 is 0 Å². The molecular formula is C14H24ClNO. The fourth-order valence-corrected chi connectivity index (χ4v) is 2.03. The molecule has 0 aromatic heterocycles. The summed E-state index contributed by atoms with van der Waals surface area (Å²) in [6.45, 7) is 9.05. The van der Waals surface area contributed by atoms with Crippen LogP contribution in [0.25, 0.3) is 0 Å². The van der Waals surface area contributed by atoms with Crippen LogP contribution in [0, 0.1) is 6.92 Å². The molecule has 17 heavy (non-hydrogen) atoms. The maximum absolute atomic E-state index is 5.83.